The molecule has 2 rings (SSSR count). The molecule has 0 aliphatic rings. The van der Waals surface area contributed by atoms with Crippen molar-refractivity contribution in [1.29, 1.82) is 0 Å². The van der Waals surface area contributed by atoms with E-state index in [1.165, 1.54) is 23.5 Å². The minimum absolute atomic E-state index is 0.00896. The van der Waals surface area contributed by atoms with Crippen molar-refractivity contribution < 1.29 is 8.78 Å². The van der Waals surface area contributed by atoms with E-state index in [1.807, 2.05) is 0 Å². The molecule has 2 N–H and O–H groups in total. The number of rotatable bonds is 2. The van der Waals surface area contributed by atoms with Crippen LogP contribution in [-0.2, 0) is 6.54 Å². The van der Waals surface area contributed by atoms with Gasteiger partial charge in [0.15, 0.2) is 0 Å². The van der Waals surface area contributed by atoms with Gasteiger partial charge >= 0.3 is 0 Å². The van der Waals surface area contributed by atoms with Crippen molar-refractivity contribution in [3.05, 3.63) is 44.6 Å². The van der Waals surface area contributed by atoms with Gasteiger partial charge in [-0.3, -0.25) is 0 Å². The smallest absolute Gasteiger partial charge is 0.148 e. The molecule has 0 aliphatic heterocycles. The maximum atomic E-state index is 13.7. The van der Waals surface area contributed by atoms with Crippen molar-refractivity contribution in [3.63, 3.8) is 0 Å². The highest BCUT2D eigenvalue weighted by Crippen LogP contribution is 2.33. The van der Waals surface area contributed by atoms with Crippen molar-refractivity contribution in [2.75, 3.05) is 0 Å². The molecule has 1 heterocycles. The Morgan fingerprint density at radius 1 is 1.31 bits per heavy atom. The van der Waals surface area contributed by atoms with E-state index >= 15 is 0 Å². The van der Waals surface area contributed by atoms with Crippen LogP contribution in [-0.4, -0.2) is 0 Å². The van der Waals surface area contributed by atoms with E-state index < -0.39 is 11.6 Å². The minimum atomic E-state index is -0.582. The summed E-state index contributed by atoms with van der Waals surface area (Å²) in [6, 6.07) is 4.30. The Hall–Kier alpha value is -0.780. The monoisotopic (exact) mass is 303 g/mol. The quantitative estimate of drug-likeness (QED) is 0.836. The lowest BCUT2D eigenvalue weighted by Crippen LogP contribution is -1.92. The van der Waals surface area contributed by atoms with Gasteiger partial charge in [-0.2, -0.15) is 0 Å². The van der Waals surface area contributed by atoms with Crippen LogP contribution in [0.3, 0.4) is 0 Å². The second-order valence-corrected chi connectivity index (χ2v) is 5.07. The normalized spacial score (nSPS) is 10.8. The summed E-state index contributed by atoms with van der Waals surface area (Å²) in [4.78, 5) is 0.897. The average Bonchev–Trinajstić information content (AvgIpc) is 2.73. The van der Waals surface area contributed by atoms with E-state index in [4.69, 9.17) is 5.73 Å². The van der Waals surface area contributed by atoms with Gasteiger partial charge < -0.3 is 5.73 Å². The Morgan fingerprint density at radius 2 is 2.06 bits per heavy atom. The topological polar surface area (TPSA) is 26.0 Å². The number of benzene rings is 1. The Bertz CT molecular complexity index is 525. The predicted molar refractivity (Wildman–Crippen MR) is 65.3 cm³/mol. The Balaban J connectivity index is 2.58. The van der Waals surface area contributed by atoms with E-state index in [2.05, 4.69) is 15.9 Å². The molecule has 16 heavy (non-hydrogen) atoms. The first-order valence-corrected chi connectivity index (χ1v) is 6.22. The molecule has 1 aromatic carbocycles. The summed E-state index contributed by atoms with van der Waals surface area (Å²) in [6.07, 6.45) is 0. The molecule has 2 aromatic rings. The van der Waals surface area contributed by atoms with E-state index in [-0.39, 0.29) is 10.0 Å². The first-order chi connectivity index (χ1) is 7.63. The van der Waals surface area contributed by atoms with Gasteiger partial charge in [0.1, 0.15) is 11.6 Å². The van der Waals surface area contributed by atoms with E-state index in [0.29, 0.717) is 12.1 Å². The van der Waals surface area contributed by atoms with E-state index in [1.54, 1.807) is 11.4 Å². The summed E-state index contributed by atoms with van der Waals surface area (Å²) < 4.78 is 27.5. The summed E-state index contributed by atoms with van der Waals surface area (Å²) in [5.74, 6) is -1.15. The average molecular weight is 304 g/mol. The Morgan fingerprint density at radius 3 is 2.69 bits per heavy atom. The molecule has 0 atom stereocenters. The molecule has 0 saturated heterocycles. The Labute approximate surface area is 104 Å². The molecule has 0 radical (unpaired) electrons. The van der Waals surface area contributed by atoms with Crippen LogP contribution < -0.4 is 5.73 Å². The molecule has 0 unspecified atom stereocenters. The maximum Gasteiger partial charge on any atom is 0.148 e. The predicted octanol–water partition coefficient (Wildman–Crippen LogP) is 3.91. The van der Waals surface area contributed by atoms with Crippen LogP contribution in [0, 0.1) is 11.6 Å². The van der Waals surface area contributed by atoms with Crippen molar-refractivity contribution >= 4 is 27.3 Å². The van der Waals surface area contributed by atoms with Gasteiger partial charge in [0.2, 0.25) is 0 Å². The Kier molecular flexibility index (Phi) is 3.37. The van der Waals surface area contributed by atoms with Gasteiger partial charge in [0.25, 0.3) is 0 Å². The lowest BCUT2D eigenvalue weighted by molar-refractivity contribution is 0.585. The summed E-state index contributed by atoms with van der Waals surface area (Å²) in [6.45, 7) is 0.377. The summed E-state index contributed by atoms with van der Waals surface area (Å²) >= 11 is 4.43. The number of nitrogens with two attached hydrogens (primary N) is 1. The van der Waals surface area contributed by atoms with Crippen LogP contribution in [0.2, 0.25) is 0 Å². The number of hydrogen-bond donors (Lipinski definition) is 1. The van der Waals surface area contributed by atoms with E-state index in [0.717, 1.165) is 4.88 Å². The summed E-state index contributed by atoms with van der Waals surface area (Å²) in [5.41, 5.74) is 5.98. The van der Waals surface area contributed by atoms with Gasteiger partial charge in [-0.15, -0.1) is 11.3 Å². The number of hydrogen-bond acceptors (Lipinski definition) is 2. The van der Waals surface area contributed by atoms with Gasteiger partial charge in [-0.05, 0) is 45.1 Å². The summed E-state index contributed by atoms with van der Waals surface area (Å²) in [5, 5.41) is 1.70. The highest BCUT2D eigenvalue weighted by atomic mass is 79.9. The van der Waals surface area contributed by atoms with Crippen LogP contribution in [0.15, 0.2) is 28.1 Å². The summed E-state index contributed by atoms with van der Waals surface area (Å²) in [7, 11) is 0. The fourth-order valence-corrected chi connectivity index (χ4v) is 2.50. The van der Waals surface area contributed by atoms with Gasteiger partial charge in [0.05, 0.1) is 10.0 Å². The molecular weight excluding hydrogens is 296 g/mol. The lowest BCUT2D eigenvalue weighted by Gasteiger charge is -2.04. The minimum Gasteiger partial charge on any atom is -0.326 e. The van der Waals surface area contributed by atoms with E-state index in [9.17, 15) is 8.78 Å². The molecule has 5 heteroatoms. The number of thiophene rings is 1. The van der Waals surface area contributed by atoms with Gasteiger partial charge in [0, 0.05) is 11.4 Å². The zero-order chi connectivity index (χ0) is 11.7. The molecule has 0 bridgehead atoms. The standard InChI is InChI=1S/C11H8BrF2NS/c12-8-1-2-9(13)10(11(8)14)6-3-7(4-15)16-5-6/h1-3,5H,4,15H2. The van der Waals surface area contributed by atoms with Crippen LogP contribution in [0.25, 0.3) is 11.1 Å². The largest absolute Gasteiger partial charge is 0.326 e. The highest BCUT2D eigenvalue weighted by molar-refractivity contribution is 9.10. The molecule has 0 amide bonds. The molecular formula is C11H8BrF2NS. The van der Waals surface area contributed by atoms with Crippen LogP contribution >= 0.6 is 27.3 Å². The van der Waals surface area contributed by atoms with Crippen molar-refractivity contribution in [1.82, 2.24) is 0 Å². The number of halogens is 3. The third kappa shape index (κ3) is 2.03. The molecule has 0 spiro atoms. The van der Waals surface area contributed by atoms with Crippen molar-refractivity contribution in [2.45, 2.75) is 6.54 Å². The molecule has 0 saturated carbocycles. The van der Waals surface area contributed by atoms with Crippen LogP contribution in [0.4, 0.5) is 8.78 Å². The van der Waals surface area contributed by atoms with Crippen LogP contribution in [0.1, 0.15) is 4.88 Å². The SMILES string of the molecule is NCc1cc(-c2c(F)ccc(Br)c2F)cs1. The second-order valence-electron chi connectivity index (χ2n) is 3.22. The first-order valence-electron chi connectivity index (χ1n) is 4.55. The highest BCUT2D eigenvalue weighted by Gasteiger charge is 2.15. The molecule has 84 valence electrons. The molecule has 0 fully saturated rings. The lowest BCUT2D eigenvalue weighted by atomic mass is 10.1. The third-order valence-electron chi connectivity index (χ3n) is 2.19. The maximum absolute atomic E-state index is 13.7. The second kappa shape index (κ2) is 4.61. The fourth-order valence-electron chi connectivity index (χ4n) is 1.41. The fraction of sp³-hybridized carbons (Fsp3) is 0.0909. The van der Waals surface area contributed by atoms with Crippen molar-refractivity contribution in [2.24, 2.45) is 5.73 Å². The van der Waals surface area contributed by atoms with Gasteiger partial charge in [-0.25, -0.2) is 8.78 Å². The molecule has 1 nitrogen and oxygen atoms in total. The van der Waals surface area contributed by atoms with Gasteiger partial charge in [-0.1, -0.05) is 0 Å². The van der Waals surface area contributed by atoms with Crippen molar-refractivity contribution in [3.8, 4) is 11.1 Å². The molecule has 1 aromatic heterocycles. The zero-order valence-corrected chi connectivity index (χ0v) is 10.5. The first kappa shape index (κ1) is 11.7. The zero-order valence-electron chi connectivity index (χ0n) is 8.14. The van der Waals surface area contributed by atoms with Crippen LogP contribution in [0.5, 0.6) is 0 Å². The molecule has 0 aliphatic carbocycles. The third-order valence-corrected chi connectivity index (χ3v) is 3.76.